The summed E-state index contributed by atoms with van der Waals surface area (Å²) in [6.45, 7) is 3.60. The maximum Gasteiger partial charge on any atom is 0.308 e. The normalized spacial score (nSPS) is 33.7. The second-order valence-electron chi connectivity index (χ2n) is 2.91. The van der Waals surface area contributed by atoms with Gasteiger partial charge in [0.05, 0.1) is 5.92 Å². The van der Waals surface area contributed by atoms with Crippen molar-refractivity contribution in [2.45, 2.75) is 13.3 Å². The molecule has 1 aliphatic rings. The monoisotopic (exact) mass is 143 g/mol. The van der Waals surface area contributed by atoms with E-state index >= 15 is 0 Å². The minimum absolute atomic E-state index is 0.172. The van der Waals surface area contributed by atoms with Gasteiger partial charge in [0.2, 0.25) is 0 Å². The van der Waals surface area contributed by atoms with Crippen LogP contribution in [-0.2, 0) is 4.79 Å². The molecule has 3 heteroatoms. The Morgan fingerprint density at radius 1 is 1.70 bits per heavy atom. The van der Waals surface area contributed by atoms with Crippen molar-refractivity contribution in [3.8, 4) is 0 Å². The lowest BCUT2D eigenvalue weighted by atomic mass is 9.88. The van der Waals surface area contributed by atoms with E-state index in [1.165, 1.54) is 0 Å². The van der Waals surface area contributed by atoms with Crippen LogP contribution in [0.25, 0.3) is 0 Å². The number of hydrogen-bond donors (Lipinski definition) is 2. The van der Waals surface area contributed by atoms with Crippen molar-refractivity contribution in [1.82, 2.24) is 5.32 Å². The summed E-state index contributed by atoms with van der Waals surface area (Å²) in [6, 6.07) is 0. The zero-order chi connectivity index (χ0) is 7.56. The van der Waals surface area contributed by atoms with Gasteiger partial charge < -0.3 is 10.4 Å². The summed E-state index contributed by atoms with van der Waals surface area (Å²) in [4.78, 5) is 10.5. The largest absolute Gasteiger partial charge is 0.481 e. The van der Waals surface area contributed by atoms with Crippen LogP contribution in [0.3, 0.4) is 0 Å². The van der Waals surface area contributed by atoms with Gasteiger partial charge in [0.1, 0.15) is 0 Å². The highest BCUT2D eigenvalue weighted by atomic mass is 16.4. The zero-order valence-corrected chi connectivity index (χ0v) is 6.13. The molecule has 0 saturated carbocycles. The number of nitrogens with one attached hydrogen (secondary N) is 1. The molecule has 1 saturated heterocycles. The molecule has 0 radical (unpaired) electrons. The molecule has 10 heavy (non-hydrogen) atoms. The quantitative estimate of drug-likeness (QED) is 0.555. The molecule has 1 heterocycles. The van der Waals surface area contributed by atoms with E-state index in [1.54, 1.807) is 0 Å². The van der Waals surface area contributed by atoms with Crippen molar-refractivity contribution >= 4 is 5.97 Å². The highest BCUT2D eigenvalue weighted by Gasteiger charge is 2.26. The van der Waals surface area contributed by atoms with Gasteiger partial charge in [-0.15, -0.1) is 0 Å². The van der Waals surface area contributed by atoms with Crippen molar-refractivity contribution in [3.63, 3.8) is 0 Å². The molecule has 1 rings (SSSR count). The number of rotatable bonds is 1. The summed E-state index contributed by atoms with van der Waals surface area (Å²) in [5.41, 5.74) is 0. The number of carboxylic acids is 1. The smallest absolute Gasteiger partial charge is 0.308 e. The molecule has 1 unspecified atom stereocenters. The molecule has 0 amide bonds. The van der Waals surface area contributed by atoms with Crippen LogP contribution in [-0.4, -0.2) is 24.2 Å². The van der Waals surface area contributed by atoms with Gasteiger partial charge in [-0.25, -0.2) is 0 Å². The lowest BCUT2D eigenvalue weighted by molar-refractivity contribution is -0.143. The van der Waals surface area contributed by atoms with Crippen LogP contribution in [0.1, 0.15) is 13.3 Å². The Hall–Kier alpha value is -0.570. The van der Waals surface area contributed by atoms with Gasteiger partial charge in [-0.1, -0.05) is 6.92 Å². The summed E-state index contributed by atoms with van der Waals surface area (Å²) in [7, 11) is 0. The first-order valence-corrected chi connectivity index (χ1v) is 3.65. The molecule has 2 N–H and O–H groups in total. The van der Waals surface area contributed by atoms with E-state index in [-0.39, 0.29) is 5.92 Å². The van der Waals surface area contributed by atoms with Gasteiger partial charge >= 0.3 is 5.97 Å². The van der Waals surface area contributed by atoms with Gasteiger partial charge in [0, 0.05) is 6.54 Å². The van der Waals surface area contributed by atoms with E-state index in [4.69, 9.17) is 5.11 Å². The fourth-order valence-electron chi connectivity index (χ4n) is 1.32. The molecule has 58 valence electrons. The van der Waals surface area contributed by atoms with Gasteiger partial charge in [0.25, 0.3) is 0 Å². The summed E-state index contributed by atoms with van der Waals surface area (Å²) >= 11 is 0. The summed E-state index contributed by atoms with van der Waals surface area (Å²) < 4.78 is 0. The molecule has 0 aromatic carbocycles. The minimum atomic E-state index is -0.667. The molecule has 0 aliphatic carbocycles. The second-order valence-corrected chi connectivity index (χ2v) is 2.91. The fourth-order valence-corrected chi connectivity index (χ4v) is 1.32. The number of hydrogen-bond acceptors (Lipinski definition) is 2. The number of aliphatic carboxylic acids is 1. The summed E-state index contributed by atoms with van der Waals surface area (Å²) in [5, 5.41) is 11.7. The standard InChI is InChI=1S/C7H13NO2/c1-5-2-3-8-4-6(5)7(9)10/h5-6,8H,2-4H2,1H3,(H,9,10)/t5?,6-/m0/s1. The Balaban J connectivity index is 2.47. The molecule has 3 nitrogen and oxygen atoms in total. The maximum atomic E-state index is 10.5. The maximum absolute atomic E-state index is 10.5. The van der Waals surface area contributed by atoms with Gasteiger partial charge in [-0.3, -0.25) is 4.79 Å². The Bertz CT molecular complexity index is 136. The van der Waals surface area contributed by atoms with Gasteiger partial charge in [-0.05, 0) is 18.9 Å². The number of carboxylic acid groups (broad SMARTS) is 1. The average molecular weight is 143 g/mol. The molecule has 0 spiro atoms. The van der Waals surface area contributed by atoms with Crippen LogP contribution in [0.4, 0.5) is 0 Å². The Labute approximate surface area is 60.4 Å². The molecule has 0 aromatic heterocycles. The molecule has 0 bridgehead atoms. The Morgan fingerprint density at radius 2 is 2.40 bits per heavy atom. The topological polar surface area (TPSA) is 49.3 Å². The number of piperidine rings is 1. The summed E-state index contributed by atoms with van der Waals surface area (Å²) in [5.74, 6) is -0.507. The molecule has 1 aliphatic heterocycles. The van der Waals surface area contributed by atoms with Crippen molar-refractivity contribution in [3.05, 3.63) is 0 Å². The van der Waals surface area contributed by atoms with Crippen LogP contribution < -0.4 is 5.32 Å². The third-order valence-electron chi connectivity index (χ3n) is 2.14. The van der Waals surface area contributed by atoms with E-state index < -0.39 is 5.97 Å². The Morgan fingerprint density at radius 3 is 2.80 bits per heavy atom. The van der Waals surface area contributed by atoms with Gasteiger partial charge in [-0.2, -0.15) is 0 Å². The molecule has 2 atom stereocenters. The van der Waals surface area contributed by atoms with E-state index in [0.29, 0.717) is 12.5 Å². The van der Waals surface area contributed by atoms with Crippen molar-refractivity contribution < 1.29 is 9.90 Å². The van der Waals surface area contributed by atoms with Crippen LogP contribution in [0.5, 0.6) is 0 Å². The lowest BCUT2D eigenvalue weighted by Crippen LogP contribution is -2.39. The zero-order valence-electron chi connectivity index (χ0n) is 6.13. The van der Waals surface area contributed by atoms with Crippen molar-refractivity contribution in [1.29, 1.82) is 0 Å². The van der Waals surface area contributed by atoms with Crippen molar-refractivity contribution in [2.75, 3.05) is 13.1 Å². The highest BCUT2D eigenvalue weighted by Crippen LogP contribution is 2.17. The number of carbonyl (C=O) groups is 1. The van der Waals surface area contributed by atoms with Gasteiger partial charge in [0.15, 0.2) is 0 Å². The van der Waals surface area contributed by atoms with Crippen LogP contribution in [0.2, 0.25) is 0 Å². The van der Waals surface area contributed by atoms with E-state index in [0.717, 1.165) is 13.0 Å². The predicted octanol–water partition coefficient (Wildman–Crippen LogP) is 0.317. The predicted molar refractivity (Wildman–Crippen MR) is 37.8 cm³/mol. The highest BCUT2D eigenvalue weighted by molar-refractivity contribution is 5.70. The molecular formula is C7H13NO2. The second kappa shape index (κ2) is 3.01. The third-order valence-corrected chi connectivity index (χ3v) is 2.14. The van der Waals surface area contributed by atoms with Crippen molar-refractivity contribution in [2.24, 2.45) is 11.8 Å². The van der Waals surface area contributed by atoms with Crippen LogP contribution >= 0.6 is 0 Å². The molecular weight excluding hydrogens is 130 g/mol. The fraction of sp³-hybridized carbons (Fsp3) is 0.857. The first kappa shape index (κ1) is 7.54. The molecule has 1 fully saturated rings. The lowest BCUT2D eigenvalue weighted by Gasteiger charge is -2.25. The average Bonchev–Trinajstić information content (AvgIpc) is 1.88. The minimum Gasteiger partial charge on any atom is -0.481 e. The van der Waals surface area contributed by atoms with E-state index in [1.807, 2.05) is 6.92 Å². The first-order valence-electron chi connectivity index (χ1n) is 3.65. The van der Waals surface area contributed by atoms with E-state index in [2.05, 4.69) is 5.32 Å². The Kier molecular flexibility index (Phi) is 2.27. The SMILES string of the molecule is CC1CCNC[C@@H]1C(=O)O. The van der Waals surface area contributed by atoms with Crippen LogP contribution in [0, 0.1) is 11.8 Å². The van der Waals surface area contributed by atoms with Crippen LogP contribution in [0.15, 0.2) is 0 Å². The first-order chi connectivity index (χ1) is 4.72. The third kappa shape index (κ3) is 1.48. The summed E-state index contributed by atoms with van der Waals surface area (Å²) in [6.07, 6.45) is 0.983. The van der Waals surface area contributed by atoms with E-state index in [9.17, 15) is 4.79 Å². The molecule has 0 aromatic rings.